The van der Waals surface area contributed by atoms with E-state index in [-0.39, 0.29) is 11.6 Å². The molecule has 2 aliphatic rings. The fraction of sp³-hybridized carbons (Fsp3) is 0.107. The van der Waals surface area contributed by atoms with E-state index in [0.717, 1.165) is 61.4 Å². The molecule has 5 heteroatoms. The van der Waals surface area contributed by atoms with Crippen LogP contribution >= 0.6 is 0 Å². The van der Waals surface area contributed by atoms with Gasteiger partial charge in [-0.2, -0.15) is 5.10 Å². The normalized spacial score (nSPS) is 14.9. The molecule has 1 aromatic heterocycles. The van der Waals surface area contributed by atoms with Crippen molar-refractivity contribution in [1.29, 1.82) is 0 Å². The quantitative estimate of drug-likeness (QED) is 0.151. The number of fused-ring (bicyclic) bond motifs is 4. The summed E-state index contributed by atoms with van der Waals surface area (Å²) in [4.78, 5) is 5.24. The van der Waals surface area contributed by atoms with Crippen LogP contribution in [-0.2, 0) is 5.41 Å². The molecule has 2 heterocycles. The van der Waals surface area contributed by atoms with Crippen LogP contribution in [0.15, 0.2) is 211 Å². The van der Waals surface area contributed by atoms with E-state index in [2.05, 4.69) is 200 Å². The smallest absolute Gasteiger partial charge is 0.145 e. The number of rotatable bonds is 8. The highest BCUT2D eigenvalue weighted by molar-refractivity contribution is 6.13. The van der Waals surface area contributed by atoms with Crippen LogP contribution in [0.4, 0.5) is 0 Å². The lowest BCUT2D eigenvalue weighted by Gasteiger charge is -2.25. The molecule has 1 aliphatic carbocycles. The Hall–Kier alpha value is -7.34. The average molecular weight is 792 g/mol. The number of nitrogens with zero attached hydrogens (tertiary/aromatic N) is 3. The highest BCUT2D eigenvalue weighted by atomic mass is 15.3. The van der Waals surface area contributed by atoms with E-state index in [1.54, 1.807) is 0 Å². The third kappa shape index (κ3) is 7.80. The second kappa shape index (κ2) is 16.7. The molecule has 1 atom stereocenters. The highest BCUT2D eigenvalue weighted by Crippen LogP contribution is 2.49. The van der Waals surface area contributed by atoms with Gasteiger partial charge in [0.25, 0.3) is 0 Å². The summed E-state index contributed by atoms with van der Waals surface area (Å²) in [7, 11) is 0. The first-order chi connectivity index (χ1) is 29.8. The number of aliphatic imine (C=N–C) groups is 1. The molecule has 0 bridgehead atoms. The van der Waals surface area contributed by atoms with Crippen LogP contribution in [0.25, 0.3) is 55.7 Å². The van der Waals surface area contributed by atoms with Gasteiger partial charge in [-0.05, 0) is 105 Å². The van der Waals surface area contributed by atoms with Crippen LogP contribution in [0.1, 0.15) is 54.8 Å². The van der Waals surface area contributed by atoms with Crippen LogP contribution in [0.3, 0.4) is 0 Å². The van der Waals surface area contributed by atoms with Crippen LogP contribution in [-0.4, -0.2) is 22.0 Å². The molecule has 298 valence electrons. The summed E-state index contributed by atoms with van der Waals surface area (Å²) in [5.41, 5.74) is 23.7. The van der Waals surface area contributed by atoms with Gasteiger partial charge in [0.1, 0.15) is 6.17 Å². The molecule has 0 saturated carbocycles. The van der Waals surface area contributed by atoms with E-state index in [1.807, 2.05) is 31.3 Å². The van der Waals surface area contributed by atoms with Gasteiger partial charge in [-0.1, -0.05) is 172 Å². The lowest BCUT2D eigenvalue weighted by Crippen LogP contribution is -2.24. The van der Waals surface area contributed by atoms with Crippen molar-refractivity contribution in [2.45, 2.75) is 32.4 Å². The van der Waals surface area contributed by atoms with Gasteiger partial charge in [-0.15, -0.1) is 0 Å². The van der Waals surface area contributed by atoms with E-state index >= 15 is 0 Å². The maximum atomic E-state index is 5.24. The van der Waals surface area contributed by atoms with Gasteiger partial charge in [-0.25, -0.2) is 4.68 Å². The van der Waals surface area contributed by atoms with Crippen molar-refractivity contribution in [2.24, 2.45) is 10.7 Å². The maximum Gasteiger partial charge on any atom is 0.145 e. The molecule has 7 aromatic carbocycles. The van der Waals surface area contributed by atoms with Crippen molar-refractivity contribution in [3.05, 3.63) is 234 Å². The number of nitrogens with two attached hydrogens (primary N) is 1. The molecular weight excluding hydrogens is 743 g/mol. The summed E-state index contributed by atoms with van der Waals surface area (Å²) >= 11 is 0. The number of nitrogens with one attached hydrogen (secondary N) is 1. The van der Waals surface area contributed by atoms with Gasteiger partial charge >= 0.3 is 0 Å². The van der Waals surface area contributed by atoms with E-state index in [4.69, 9.17) is 15.8 Å². The fourth-order valence-electron chi connectivity index (χ4n) is 8.51. The molecule has 0 amide bonds. The van der Waals surface area contributed by atoms with E-state index in [0.29, 0.717) is 6.54 Å². The SMILES string of the molecule is C=C(/C=C\C)CN.CC1(C)c2ccccc2-c2cc3c(cnn3-c3ccc(-c4cccc(C5=NC(c6ccccc6)NC(c6ccc(-c7ccccc7)cc6)=C5)c4)cc3)cc21. The number of hydrogen-bond donors (Lipinski definition) is 2. The van der Waals surface area contributed by atoms with Crippen molar-refractivity contribution >= 4 is 22.3 Å². The molecule has 8 aromatic rings. The third-order valence-electron chi connectivity index (χ3n) is 11.8. The van der Waals surface area contributed by atoms with Crippen molar-refractivity contribution < 1.29 is 0 Å². The Balaban J connectivity index is 0.000000629. The monoisotopic (exact) mass is 791 g/mol. The molecule has 61 heavy (non-hydrogen) atoms. The first kappa shape index (κ1) is 39.1. The topological polar surface area (TPSA) is 68.2 Å². The van der Waals surface area contributed by atoms with Crippen LogP contribution < -0.4 is 11.1 Å². The molecule has 0 spiro atoms. The standard InChI is InChI=1S/C50H38N4.C6H11N/c1-50(2)44-19-10-9-18-42(44)43-30-48-40(29-45(43)50)32-51-54(48)41-26-24-35(25-27-41)38-16-11-17-39(28-38)47-31-46(52-49(53-47)37-14-7-4-8-15-37)36-22-20-34(21-23-36)33-12-5-3-6-13-33;1-3-4-6(2)5-7/h3-32,49,52H,1-2H3;3-4H,2,5,7H2,1H3/b;4-3-. The summed E-state index contributed by atoms with van der Waals surface area (Å²) in [6.07, 6.45) is 7.80. The van der Waals surface area contributed by atoms with Gasteiger partial charge in [-0.3, -0.25) is 4.99 Å². The maximum absolute atomic E-state index is 5.24. The van der Waals surface area contributed by atoms with Crippen molar-refractivity contribution in [3.63, 3.8) is 0 Å². The number of hydrogen-bond acceptors (Lipinski definition) is 4. The van der Waals surface area contributed by atoms with Gasteiger partial charge in [0, 0.05) is 28.6 Å². The first-order valence-electron chi connectivity index (χ1n) is 20.9. The van der Waals surface area contributed by atoms with Crippen molar-refractivity contribution in [1.82, 2.24) is 15.1 Å². The lowest BCUT2D eigenvalue weighted by molar-refractivity contribution is 0.661. The summed E-state index contributed by atoms with van der Waals surface area (Å²) < 4.78 is 2.07. The van der Waals surface area contributed by atoms with Gasteiger partial charge in [0.2, 0.25) is 0 Å². The summed E-state index contributed by atoms with van der Waals surface area (Å²) in [5, 5.41) is 9.73. The molecule has 10 rings (SSSR count). The molecule has 5 nitrogen and oxygen atoms in total. The van der Waals surface area contributed by atoms with Crippen molar-refractivity contribution in [2.75, 3.05) is 6.54 Å². The Kier molecular flexibility index (Phi) is 10.7. The minimum absolute atomic E-state index is 0.0357. The molecule has 0 fully saturated rings. The Morgan fingerprint density at radius 3 is 2.02 bits per heavy atom. The number of benzene rings is 7. The van der Waals surface area contributed by atoms with Gasteiger partial charge in [0.05, 0.1) is 23.1 Å². The van der Waals surface area contributed by atoms with Crippen LogP contribution in [0, 0.1) is 0 Å². The Morgan fingerprint density at radius 2 is 1.30 bits per heavy atom. The molecule has 0 radical (unpaired) electrons. The first-order valence-corrected chi connectivity index (χ1v) is 20.9. The number of aromatic nitrogens is 2. The van der Waals surface area contributed by atoms with Crippen LogP contribution in [0.5, 0.6) is 0 Å². The molecular formula is C56H49N5. The van der Waals surface area contributed by atoms with Crippen molar-refractivity contribution in [3.8, 4) is 39.1 Å². The van der Waals surface area contributed by atoms with E-state index in [9.17, 15) is 0 Å². The second-order valence-corrected chi connectivity index (χ2v) is 16.1. The third-order valence-corrected chi connectivity index (χ3v) is 11.8. The van der Waals surface area contributed by atoms with Crippen LogP contribution in [0.2, 0.25) is 0 Å². The minimum atomic E-state index is -0.206. The fourth-order valence-corrected chi connectivity index (χ4v) is 8.51. The molecule has 1 aliphatic heterocycles. The van der Waals surface area contributed by atoms with E-state index < -0.39 is 0 Å². The Bertz CT molecular complexity index is 2950. The Labute approximate surface area is 359 Å². The molecule has 0 saturated heterocycles. The molecule has 1 unspecified atom stereocenters. The number of allylic oxidation sites excluding steroid dienone is 2. The minimum Gasteiger partial charge on any atom is -0.360 e. The summed E-state index contributed by atoms with van der Waals surface area (Å²) in [6, 6.07) is 60.6. The molecule has 3 N–H and O–H groups in total. The van der Waals surface area contributed by atoms with Gasteiger partial charge < -0.3 is 11.1 Å². The highest BCUT2D eigenvalue weighted by Gasteiger charge is 2.35. The predicted molar refractivity (Wildman–Crippen MR) is 256 cm³/mol. The zero-order chi connectivity index (χ0) is 41.9. The average Bonchev–Trinajstić information content (AvgIpc) is 3.84. The Morgan fingerprint density at radius 1 is 0.672 bits per heavy atom. The van der Waals surface area contributed by atoms with E-state index in [1.165, 1.54) is 33.4 Å². The second-order valence-electron chi connectivity index (χ2n) is 16.1. The zero-order valence-corrected chi connectivity index (χ0v) is 34.9. The largest absolute Gasteiger partial charge is 0.360 e. The van der Waals surface area contributed by atoms with Gasteiger partial charge in [0.15, 0.2) is 0 Å². The summed E-state index contributed by atoms with van der Waals surface area (Å²) in [5.74, 6) is 0. The zero-order valence-electron chi connectivity index (χ0n) is 34.9. The predicted octanol–water partition coefficient (Wildman–Crippen LogP) is 12.9. The lowest BCUT2D eigenvalue weighted by atomic mass is 9.82. The summed E-state index contributed by atoms with van der Waals surface area (Å²) in [6.45, 7) is 10.8.